The molecule has 0 aliphatic heterocycles. The van der Waals surface area contributed by atoms with Gasteiger partial charge in [0.2, 0.25) is 5.95 Å². The molecule has 0 spiro atoms. The van der Waals surface area contributed by atoms with Crippen LogP contribution in [0.1, 0.15) is 5.56 Å². The van der Waals surface area contributed by atoms with E-state index in [1.807, 2.05) is 29.1 Å². The van der Waals surface area contributed by atoms with Gasteiger partial charge in [0, 0.05) is 18.3 Å². The highest BCUT2D eigenvalue weighted by Gasteiger charge is 2.15. The third-order valence-electron chi connectivity index (χ3n) is 4.60. The molecule has 0 aliphatic carbocycles. The summed E-state index contributed by atoms with van der Waals surface area (Å²) in [6.07, 6.45) is 2.76. The second-order valence-electron chi connectivity index (χ2n) is 6.51. The van der Waals surface area contributed by atoms with Gasteiger partial charge in [0.15, 0.2) is 17.1 Å². The van der Waals surface area contributed by atoms with Crippen LogP contribution in [0.3, 0.4) is 0 Å². The first-order valence-corrected chi connectivity index (χ1v) is 8.87. The normalized spacial score (nSPS) is 11.5. The molecule has 28 heavy (non-hydrogen) atoms. The van der Waals surface area contributed by atoms with E-state index in [1.165, 1.54) is 22.2 Å². The Labute approximate surface area is 159 Å². The number of nitrogens with two attached hydrogens (primary N) is 1. The Hall–Kier alpha value is -3.81. The second kappa shape index (κ2) is 6.41. The van der Waals surface area contributed by atoms with Crippen molar-refractivity contribution in [3.05, 3.63) is 72.2 Å². The topological polar surface area (TPSA) is 86.9 Å². The third kappa shape index (κ3) is 2.84. The van der Waals surface area contributed by atoms with Crippen LogP contribution >= 0.6 is 0 Å². The Morgan fingerprint density at radius 3 is 2.50 bits per heavy atom. The van der Waals surface area contributed by atoms with Gasteiger partial charge in [-0.3, -0.25) is 4.68 Å². The maximum atomic E-state index is 13.2. The van der Waals surface area contributed by atoms with E-state index in [1.54, 1.807) is 12.1 Å². The largest absolute Gasteiger partial charge is 0.368 e. The molecule has 138 valence electrons. The number of benzene rings is 2. The zero-order valence-corrected chi connectivity index (χ0v) is 14.8. The first kappa shape index (κ1) is 16.4. The minimum absolute atomic E-state index is 0.205. The molecule has 0 radical (unpaired) electrons. The van der Waals surface area contributed by atoms with E-state index in [9.17, 15) is 4.39 Å². The molecule has 0 atom stereocenters. The first-order valence-electron chi connectivity index (χ1n) is 8.87. The Morgan fingerprint density at radius 2 is 1.71 bits per heavy atom. The molecule has 0 fully saturated rings. The minimum atomic E-state index is -0.309. The monoisotopic (exact) mass is 373 g/mol. The van der Waals surface area contributed by atoms with Crippen LogP contribution in [0.25, 0.3) is 28.1 Å². The van der Waals surface area contributed by atoms with Crippen LogP contribution in [0, 0.1) is 5.82 Å². The highest BCUT2D eigenvalue weighted by molar-refractivity contribution is 5.90. The molecular formula is C20H16FN7. The van der Waals surface area contributed by atoms with Crippen molar-refractivity contribution < 1.29 is 4.39 Å². The van der Waals surface area contributed by atoms with Gasteiger partial charge in [-0.15, -0.1) is 5.10 Å². The lowest BCUT2D eigenvalue weighted by atomic mass is 10.1. The van der Waals surface area contributed by atoms with Gasteiger partial charge in [-0.05, 0) is 36.2 Å². The molecule has 3 aromatic heterocycles. The fourth-order valence-corrected chi connectivity index (χ4v) is 3.18. The maximum Gasteiger partial charge on any atom is 0.225 e. The quantitative estimate of drug-likeness (QED) is 0.523. The summed E-state index contributed by atoms with van der Waals surface area (Å²) in [5.74, 6) is 0.352. The molecule has 5 aromatic rings. The number of fused-ring (bicyclic) bond motifs is 3. The summed E-state index contributed by atoms with van der Waals surface area (Å²) in [6, 6.07) is 16.2. The van der Waals surface area contributed by atoms with Crippen LogP contribution in [0.2, 0.25) is 0 Å². The fraction of sp³-hybridized carbons (Fsp3) is 0.100. The van der Waals surface area contributed by atoms with Crippen LogP contribution in [-0.2, 0) is 13.0 Å². The van der Waals surface area contributed by atoms with Crippen molar-refractivity contribution in [3.8, 4) is 11.4 Å². The summed E-state index contributed by atoms with van der Waals surface area (Å²) in [4.78, 5) is 8.94. The zero-order chi connectivity index (χ0) is 19.1. The molecule has 0 unspecified atom stereocenters. The summed E-state index contributed by atoms with van der Waals surface area (Å²) in [6.45, 7) is 0.714. The number of anilines is 1. The van der Waals surface area contributed by atoms with Crippen molar-refractivity contribution in [1.82, 2.24) is 29.4 Å². The fourth-order valence-electron chi connectivity index (χ4n) is 3.18. The average molecular weight is 373 g/mol. The molecule has 0 amide bonds. The Balaban J connectivity index is 1.54. The third-order valence-corrected chi connectivity index (χ3v) is 4.60. The van der Waals surface area contributed by atoms with Crippen molar-refractivity contribution in [2.24, 2.45) is 0 Å². The Bertz CT molecular complexity index is 1270. The molecule has 0 saturated heterocycles. The lowest BCUT2D eigenvalue weighted by molar-refractivity contribution is 0.620. The predicted molar refractivity (Wildman–Crippen MR) is 104 cm³/mol. The molecule has 3 heterocycles. The molecule has 8 heteroatoms. The van der Waals surface area contributed by atoms with E-state index in [0.717, 1.165) is 11.8 Å². The second-order valence-corrected chi connectivity index (χ2v) is 6.51. The number of halogens is 1. The first-order chi connectivity index (χ1) is 13.7. The minimum Gasteiger partial charge on any atom is -0.368 e. The van der Waals surface area contributed by atoms with E-state index < -0.39 is 0 Å². The predicted octanol–water partition coefficient (Wildman–Crippen LogP) is 3.11. The molecule has 0 aliphatic rings. The molecule has 2 N–H and O–H groups in total. The summed E-state index contributed by atoms with van der Waals surface area (Å²) in [5.41, 5.74) is 9.09. The van der Waals surface area contributed by atoms with Crippen molar-refractivity contribution in [3.63, 3.8) is 0 Å². The summed E-state index contributed by atoms with van der Waals surface area (Å²) >= 11 is 0. The van der Waals surface area contributed by atoms with Gasteiger partial charge in [0.05, 0.1) is 5.39 Å². The van der Waals surface area contributed by atoms with Gasteiger partial charge in [-0.1, -0.05) is 30.3 Å². The van der Waals surface area contributed by atoms with Gasteiger partial charge in [0.1, 0.15) is 5.82 Å². The summed E-state index contributed by atoms with van der Waals surface area (Å²) < 4.78 is 16.5. The molecule has 5 rings (SSSR count). The Kier molecular flexibility index (Phi) is 3.75. The van der Waals surface area contributed by atoms with Crippen LogP contribution in [0.5, 0.6) is 0 Å². The smallest absolute Gasteiger partial charge is 0.225 e. The maximum absolute atomic E-state index is 13.2. The highest BCUT2D eigenvalue weighted by Crippen LogP contribution is 2.23. The highest BCUT2D eigenvalue weighted by atomic mass is 19.1. The number of nitrogens with zero attached hydrogens (tertiary/aromatic N) is 6. The van der Waals surface area contributed by atoms with Gasteiger partial charge < -0.3 is 5.73 Å². The van der Waals surface area contributed by atoms with E-state index in [-0.39, 0.29) is 11.8 Å². The van der Waals surface area contributed by atoms with Gasteiger partial charge in [-0.25, -0.2) is 9.37 Å². The SMILES string of the molecule is Nc1nc2nn(CCc3ccccc3)cc2c2nc(-c3ccc(F)cc3)nn12. The van der Waals surface area contributed by atoms with Crippen LogP contribution < -0.4 is 5.73 Å². The van der Waals surface area contributed by atoms with Gasteiger partial charge in [0.25, 0.3) is 0 Å². The van der Waals surface area contributed by atoms with Crippen molar-refractivity contribution >= 4 is 22.6 Å². The average Bonchev–Trinajstić information content (AvgIpc) is 3.32. The number of aromatic nitrogens is 6. The van der Waals surface area contributed by atoms with Gasteiger partial charge >= 0.3 is 0 Å². The van der Waals surface area contributed by atoms with Crippen molar-refractivity contribution in [2.45, 2.75) is 13.0 Å². The summed E-state index contributed by atoms with van der Waals surface area (Å²) in [5, 5.41) is 9.72. The molecule has 2 aromatic carbocycles. The van der Waals surface area contributed by atoms with E-state index in [2.05, 4.69) is 32.3 Å². The number of nitrogen functional groups attached to an aromatic ring is 1. The van der Waals surface area contributed by atoms with E-state index in [0.29, 0.717) is 29.2 Å². The standard InChI is InChI=1S/C20H16FN7/c21-15-8-6-14(7-9-15)17-23-19-16-12-27(11-10-13-4-2-1-3-5-13)25-18(16)24-20(22)28(19)26-17/h1-9,12H,10-11H2,(H2,22,24,25). The van der Waals surface area contributed by atoms with E-state index in [4.69, 9.17) is 5.73 Å². The lowest BCUT2D eigenvalue weighted by Crippen LogP contribution is -2.03. The van der Waals surface area contributed by atoms with Crippen molar-refractivity contribution in [1.29, 1.82) is 0 Å². The molecule has 0 saturated carbocycles. The Morgan fingerprint density at radius 1 is 0.929 bits per heavy atom. The van der Waals surface area contributed by atoms with Crippen molar-refractivity contribution in [2.75, 3.05) is 5.73 Å². The molecular weight excluding hydrogens is 357 g/mol. The van der Waals surface area contributed by atoms with Crippen LogP contribution in [-0.4, -0.2) is 29.4 Å². The molecule has 7 nitrogen and oxygen atoms in total. The number of hydrogen-bond donors (Lipinski definition) is 1. The summed E-state index contributed by atoms with van der Waals surface area (Å²) in [7, 11) is 0. The van der Waals surface area contributed by atoms with Crippen LogP contribution in [0.15, 0.2) is 60.8 Å². The molecule has 0 bridgehead atoms. The number of rotatable bonds is 4. The number of aryl methyl sites for hydroxylation is 2. The van der Waals surface area contributed by atoms with Gasteiger partial charge in [-0.2, -0.15) is 14.6 Å². The zero-order valence-electron chi connectivity index (χ0n) is 14.8. The van der Waals surface area contributed by atoms with E-state index >= 15 is 0 Å². The lowest BCUT2D eigenvalue weighted by Gasteiger charge is -2.00. The van der Waals surface area contributed by atoms with Crippen LogP contribution in [0.4, 0.5) is 10.3 Å². The number of hydrogen-bond acceptors (Lipinski definition) is 5.